The van der Waals surface area contributed by atoms with Gasteiger partial charge in [0, 0.05) is 6.42 Å². The predicted octanol–water partition coefficient (Wildman–Crippen LogP) is 0.273. The van der Waals surface area contributed by atoms with Gasteiger partial charge in [-0.3, -0.25) is 0 Å². The lowest BCUT2D eigenvalue weighted by molar-refractivity contribution is 0.342. The molecule has 64 valence electrons. The Morgan fingerprint density at radius 3 is 2.50 bits per heavy atom. The van der Waals surface area contributed by atoms with Crippen molar-refractivity contribution in [2.45, 2.75) is 6.42 Å². The minimum Gasteiger partial charge on any atom is -0.505 e. The van der Waals surface area contributed by atoms with Crippen LogP contribution in [0.2, 0.25) is 0 Å². The van der Waals surface area contributed by atoms with Crippen molar-refractivity contribution < 1.29 is 10.2 Å². The van der Waals surface area contributed by atoms with E-state index in [0.29, 0.717) is 12.2 Å². The Hall–Kier alpha value is -1.42. The van der Waals surface area contributed by atoms with E-state index in [9.17, 15) is 0 Å². The first-order chi connectivity index (χ1) is 5.83. The summed E-state index contributed by atoms with van der Waals surface area (Å²) in [6.07, 6.45) is 6.65. The fourth-order valence-electron chi connectivity index (χ4n) is 0.717. The first kappa shape index (κ1) is 8.67. The van der Waals surface area contributed by atoms with Crippen LogP contribution in [0.4, 0.5) is 0 Å². The first-order valence-corrected chi connectivity index (χ1v) is 3.58. The van der Waals surface area contributed by atoms with E-state index in [1.54, 1.807) is 12.2 Å². The number of nitrogens with zero attached hydrogens (tertiary/aromatic N) is 2. The second-order valence-electron chi connectivity index (χ2n) is 2.22. The minimum atomic E-state index is 0.0259. The van der Waals surface area contributed by atoms with Crippen LogP contribution in [0, 0.1) is 0 Å². The lowest BCUT2D eigenvalue weighted by Crippen LogP contribution is -1.90. The molecule has 12 heavy (non-hydrogen) atoms. The average Bonchev–Trinajstić information content (AvgIpc) is 2.09. The molecule has 1 aromatic rings. The van der Waals surface area contributed by atoms with Crippen molar-refractivity contribution in [2.75, 3.05) is 6.61 Å². The van der Waals surface area contributed by atoms with Crippen molar-refractivity contribution in [2.24, 2.45) is 0 Å². The largest absolute Gasteiger partial charge is 0.505 e. The van der Waals surface area contributed by atoms with Crippen LogP contribution < -0.4 is 0 Å². The molecule has 4 nitrogen and oxygen atoms in total. The van der Waals surface area contributed by atoms with Crippen LogP contribution in [-0.2, 0) is 6.42 Å². The Morgan fingerprint density at radius 2 is 1.92 bits per heavy atom. The Bertz CT molecular complexity index is 256. The molecule has 2 N–H and O–H groups in total. The summed E-state index contributed by atoms with van der Waals surface area (Å²) >= 11 is 0. The highest BCUT2D eigenvalue weighted by molar-refractivity contribution is 5.10. The summed E-state index contributed by atoms with van der Waals surface area (Å²) in [4.78, 5) is 7.71. The van der Waals surface area contributed by atoms with Crippen molar-refractivity contribution in [3.63, 3.8) is 0 Å². The van der Waals surface area contributed by atoms with Crippen LogP contribution in [0.25, 0.3) is 0 Å². The Kier molecular flexibility index (Phi) is 3.22. The number of aromatic hydroxyl groups is 1. The molecule has 0 aliphatic rings. The van der Waals surface area contributed by atoms with E-state index >= 15 is 0 Å². The zero-order valence-corrected chi connectivity index (χ0v) is 6.51. The summed E-state index contributed by atoms with van der Waals surface area (Å²) in [6, 6.07) is 0. The highest BCUT2D eigenvalue weighted by Crippen LogP contribution is 2.02. The van der Waals surface area contributed by atoms with Gasteiger partial charge in [0.05, 0.1) is 19.0 Å². The van der Waals surface area contributed by atoms with Crippen molar-refractivity contribution in [1.29, 1.82) is 0 Å². The molecule has 0 unspecified atom stereocenters. The molecule has 1 aromatic heterocycles. The molecule has 0 saturated heterocycles. The summed E-state index contributed by atoms with van der Waals surface area (Å²) in [5.41, 5.74) is 0. The van der Waals surface area contributed by atoms with E-state index < -0.39 is 0 Å². The molecule has 0 amide bonds. The number of hydrogen-bond acceptors (Lipinski definition) is 4. The molecule has 0 aliphatic carbocycles. The van der Waals surface area contributed by atoms with Crippen LogP contribution in [0.15, 0.2) is 24.5 Å². The molecule has 4 heteroatoms. The van der Waals surface area contributed by atoms with E-state index in [2.05, 4.69) is 9.97 Å². The second kappa shape index (κ2) is 4.46. The highest BCUT2D eigenvalue weighted by atomic mass is 16.3. The smallest absolute Gasteiger partial charge is 0.152 e. The molecular formula is C8H10N2O2. The van der Waals surface area contributed by atoms with Crippen LogP contribution in [-0.4, -0.2) is 26.8 Å². The zero-order valence-electron chi connectivity index (χ0n) is 6.51. The van der Waals surface area contributed by atoms with Gasteiger partial charge in [-0.1, -0.05) is 12.2 Å². The minimum absolute atomic E-state index is 0.0259. The van der Waals surface area contributed by atoms with Gasteiger partial charge in [-0.2, -0.15) is 0 Å². The van der Waals surface area contributed by atoms with Crippen LogP contribution in [0.5, 0.6) is 5.75 Å². The number of aromatic nitrogens is 2. The third-order valence-corrected chi connectivity index (χ3v) is 1.26. The van der Waals surface area contributed by atoms with E-state index in [1.807, 2.05) is 0 Å². The molecule has 0 bridgehead atoms. The standard InChI is InChI=1S/C8H10N2O2/c11-4-2-1-3-8-9-5-7(12)6-10-8/h1-2,5-6,11-12H,3-4H2/b2-1+. The maximum absolute atomic E-state index is 8.85. The van der Waals surface area contributed by atoms with Crippen LogP contribution >= 0.6 is 0 Å². The van der Waals surface area contributed by atoms with Gasteiger partial charge in [0.1, 0.15) is 5.82 Å². The summed E-state index contributed by atoms with van der Waals surface area (Å²) in [6.45, 7) is 0.0259. The number of hydrogen-bond donors (Lipinski definition) is 2. The summed E-state index contributed by atoms with van der Waals surface area (Å²) in [5, 5.41) is 17.3. The van der Waals surface area contributed by atoms with E-state index in [1.165, 1.54) is 12.4 Å². The molecule has 0 spiro atoms. The lowest BCUT2D eigenvalue weighted by atomic mass is 10.3. The van der Waals surface area contributed by atoms with Crippen molar-refractivity contribution in [3.8, 4) is 5.75 Å². The zero-order chi connectivity index (χ0) is 8.81. The van der Waals surface area contributed by atoms with Crippen molar-refractivity contribution in [3.05, 3.63) is 30.4 Å². The van der Waals surface area contributed by atoms with Gasteiger partial charge >= 0.3 is 0 Å². The second-order valence-corrected chi connectivity index (χ2v) is 2.22. The molecule has 0 atom stereocenters. The van der Waals surface area contributed by atoms with E-state index in [0.717, 1.165) is 0 Å². The summed E-state index contributed by atoms with van der Waals surface area (Å²) in [7, 11) is 0. The maximum atomic E-state index is 8.85. The maximum Gasteiger partial charge on any atom is 0.152 e. The SMILES string of the molecule is OC/C=C/Cc1ncc(O)cn1. The summed E-state index contributed by atoms with van der Waals surface area (Å²) < 4.78 is 0. The quantitative estimate of drug-likeness (QED) is 0.633. The Balaban J connectivity index is 2.53. The molecule has 0 radical (unpaired) electrons. The van der Waals surface area contributed by atoms with Crippen molar-refractivity contribution in [1.82, 2.24) is 9.97 Å². The van der Waals surface area contributed by atoms with Gasteiger partial charge in [0.15, 0.2) is 5.75 Å². The van der Waals surface area contributed by atoms with Crippen LogP contribution in [0.3, 0.4) is 0 Å². The molecule has 0 fully saturated rings. The molecular weight excluding hydrogens is 156 g/mol. The average molecular weight is 166 g/mol. The predicted molar refractivity (Wildman–Crippen MR) is 43.6 cm³/mol. The van der Waals surface area contributed by atoms with E-state index in [4.69, 9.17) is 10.2 Å². The number of allylic oxidation sites excluding steroid dienone is 1. The highest BCUT2D eigenvalue weighted by Gasteiger charge is 1.92. The third-order valence-electron chi connectivity index (χ3n) is 1.26. The van der Waals surface area contributed by atoms with Gasteiger partial charge in [-0.15, -0.1) is 0 Å². The van der Waals surface area contributed by atoms with Gasteiger partial charge < -0.3 is 10.2 Å². The van der Waals surface area contributed by atoms with Crippen LogP contribution in [0.1, 0.15) is 5.82 Å². The number of aliphatic hydroxyl groups excluding tert-OH is 1. The fourth-order valence-corrected chi connectivity index (χ4v) is 0.717. The molecule has 1 heterocycles. The molecule has 0 saturated carbocycles. The molecule has 1 rings (SSSR count). The van der Waals surface area contributed by atoms with Gasteiger partial charge in [-0.05, 0) is 0 Å². The van der Waals surface area contributed by atoms with Gasteiger partial charge in [0.25, 0.3) is 0 Å². The van der Waals surface area contributed by atoms with E-state index in [-0.39, 0.29) is 12.4 Å². The number of rotatable bonds is 3. The summed E-state index contributed by atoms with van der Waals surface area (Å²) in [5.74, 6) is 0.683. The number of aliphatic hydroxyl groups is 1. The van der Waals surface area contributed by atoms with Gasteiger partial charge in [0.2, 0.25) is 0 Å². The Morgan fingerprint density at radius 1 is 1.25 bits per heavy atom. The normalized spacial score (nSPS) is 10.8. The fraction of sp³-hybridized carbons (Fsp3) is 0.250. The topological polar surface area (TPSA) is 66.2 Å². The van der Waals surface area contributed by atoms with Gasteiger partial charge in [-0.25, -0.2) is 9.97 Å². The van der Waals surface area contributed by atoms with Crippen molar-refractivity contribution >= 4 is 0 Å². The monoisotopic (exact) mass is 166 g/mol. The first-order valence-electron chi connectivity index (χ1n) is 3.58. The molecule has 0 aliphatic heterocycles. The lowest BCUT2D eigenvalue weighted by Gasteiger charge is -1.93. The Labute approximate surface area is 70.2 Å². The third kappa shape index (κ3) is 2.67. The molecule has 0 aromatic carbocycles.